The summed E-state index contributed by atoms with van der Waals surface area (Å²) in [5.41, 5.74) is 3.19. The maximum Gasteiger partial charge on any atom is 0.326 e. The summed E-state index contributed by atoms with van der Waals surface area (Å²) in [6.45, 7) is 4.99. The van der Waals surface area contributed by atoms with Gasteiger partial charge in [0.05, 0.1) is 0 Å². The van der Waals surface area contributed by atoms with Crippen molar-refractivity contribution in [3.8, 4) is 0 Å². The Hall–Kier alpha value is -2.66. The zero-order chi connectivity index (χ0) is 20.1. The summed E-state index contributed by atoms with van der Waals surface area (Å²) in [6, 6.07) is 7.06. The van der Waals surface area contributed by atoms with Crippen LogP contribution in [0.3, 0.4) is 0 Å². The van der Waals surface area contributed by atoms with Gasteiger partial charge in [0, 0.05) is 24.3 Å². The molecule has 5 heteroatoms. The molecule has 1 aromatic rings. The van der Waals surface area contributed by atoms with Crippen molar-refractivity contribution in [2.75, 3.05) is 6.54 Å². The van der Waals surface area contributed by atoms with Gasteiger partial charge >= 0.3 is 5.97 Å². The molecular weight excluding hydrogens is 352 g/mol. The third-order valence-electron chi connectivity index (χ3n) is 5.24. The normalized spacial score (nSPS) is 21.2. The molecule has 3 rings (SSSR count). The molecule has 0 fully saturated rings. The molecule has 0 spiro atoms. The molecule has 3 N–H and O–H groups in total. The Kier molecular flexibility index (Phi) is 6.15. The first-order valence-corrected chi connectivity index (χ1v) is 9.75. The Balaban J connectivity index is 1.64. The lowest BCUT2D eigenvalue weighted by Gasteiger charge is -2.27. The first kappa shape index (κ1) is 20.1. The van der Waals surface area contributed by atoms with Crippen LogP contribution < -0.4 is 10.6 Å². The number of fused-ring (bicyclic) bond motifs is 1. The first-order chi connectivity index (χ1) is 13.3. The number of hydrogen-bond donors (Lipinski definition) is 3. The maximum atomic E-state index is 12.6. The van der Waals surface area contributed by atoms with Crippen LogP contribution in [-0.2, 0) is 16.0 Å². The van der Waals surface area contributed by atoms with Gasteiger partial charge in [-0.05, 0) is 29.7 Å². The maximum absolute atomic E-state index is 12.6. The van der Waals surface area contributed by atoms with Crippen molar-refractivity contribution in [2.24, 2.45) is 5.41 Å². The molecule has 1 aliphatic heterocycles. The molecule has 2 atom stereocenters. The topological polar surface area (TPSA) is 78.4 Å². The molecule has 0 radical (unpaired) electrons. The molecule has 0 saturated carbocycles. The standard InChI is InChI=1S/C23H28N2O3/c1-23(2)11-5-6-16(9-12-23)14-20(22(27)28)25-21(26)15-19-18-8-4-3-7-17(18)10-13-24-19/h3-9,11-12,19-20,24H,10,13-15H2,1-2H3,(H,25,26)(H,27,28). The second kappa shape index (κ2) is 8.57. The first-order valence-electron chi connectivity index (χ1n) is 9.75. The molecule has 2 aliphatic rings. The predicted octanol–water partition coefficient (Wildman–Crippen LogP) is 3.30. The van der Waals surface area contributed by atoms with Crippen LogP contribution in [0, 0.1) is 5.41 Å². The molecule has 1 aromatic carbocycles. The van der Waals surface area contributed by atoms with E-state index in [1.54, 1.807) is 0 Å². The van der Waals surface area contributed by atoms with Gasteiger partial charge in [-0.2, -0.15) is 0 Å². The van der Waals surface area contributed by atoms with Crippen molar-refractivity contribution in [3.05, 3.63) is 71.3 Å². The van der Waals surface area contributed by atoms with Gasteiger partial charge in [0.2, 0.25) is 5.91 Å². The molecule has 0 bridgehead atoms. The van der Waals surface area contributed by atoms with E-state index in [1.807, 2.05) is 42.5 Å². The second-order valence-corrected chi connectivity index (χ2v) is 8.08. The number of carboxylic acid groups (broad SMARTS) is 1. The average molecular weight is 380 g/mol. The van der Waals surface area contributed by atoms with Crippen LogP contribution in [0.25, 0.3) is 0 Å². The monoisotopic (exact) mass is 380 g/mol. The van der Waals surface area contributed by atoms with Gasteiger partial charge in [0.1, 0.15) is 6.04 Å². The molecule has 0 saturated heterocycles. The zero-order valence-electron chi connectivity index (χ0n) is 16.4. The molecule has 1 aliphatic carbocycles. The number of nitrogens with one attached hydrogen (secondary N) is 2. The fourth-order valence-corrected chi connectivity index (χ4v) is 3.64. The molecular formula is C23H28N2O3. The van der Waals surface area contributed by atoms with Crippen LogP contribution in [0.1, 0.15) is 43.9 Å². The number of carboxylic acids is 1. The molecule has 5 nitrogen and oxygen atoms in total. The van der Waals surface area contributed by atoms with E-state index in [-0.39, 0.29) is 30.2 Å². The van der Waals surface area contributed by atoms with E-state index in [1.165, 1.54) is 5.56 Å². The van der Waals surface area contributed by atoms with Crippen LogP contribution in [-0.4, -0.2) is 29.6 Å². The summed E-state index contributed by atoms with van der Waals surface area (Å²) < 4.78 is 0. The van der Waals surface area contributed by atoms with Crippen LogP contribution in [0.5, 0.6) is 0 Å². The lowest BCUT2D eigenvalue weighted by Crippen LogP contribution is -2.43. The second-order valence-electron chi connectivity index (χ2n) is 8.08. The molecule has 0 aromatic heterocycles. The number of carbonyl (C=O) groups is 2. The molecule has 1 heterocycles. The highest BCUT2D eigenvalue weighted by Crippen LogP contribution is 2.26. The molecule has 2 unspecified atom stereocenters. The Labute approximate surface area is 166 Å². The van der Waals surface area contributed by atoms with Gasteiger partial charge in [-0.15, -0.1) is 0 Å². The quantitative estimate of drug-likeness (QED) is 0.708. The van der Waals surface area contributed by atoms with Crippen molar-refractivity contribution in [2.45, 2.75) is 45.2 Å². The van der Waals surface area contributed by atoms with E-state index >= 15 is 0 Å². The van der Waals surface area contributed by atoms with Crippen LogP contribution >= 0.6 is 0 Å². The van der Waals surface area contributed by atoms with E-state index < -0.39 is 12.0 Å². The number of aliphatic carboxylic acids is 1. The third kappa shape index (κ3) is 5.20. The average Bonchev–Trinajstić information content (AvgIpc) is 2.82. The van der Waals surface area contributed by atoms with Gasteiger partial charge in [-0.1, -0.05) is 68.5 Å². The van der Waals surface area contributed by atoms with Crippen molar-refractivity contribution in [3.63, 3.8) is 0 Å². The Morgan fingerprint density at radius 2 is 2.07 bits per heavy atom. The van der Waals surface area contributed by atoms with Gasteiger partial charge in [-0.3, -0.25) is 4.79 Å². The smallest absolute Gasteiger partial charge is 0.326 e. The fraction of sp³-hybridized carbons (Fsp3) is 0.391. The van der Waals surface area contributed by atoms with Gasteiger partial charge in [-0.25, -0.2) is 4.79 Å². The van der Waals surface area contributed by atoms with Crippen LogP contribution in [0.15, 0.2) is 60.2 Å². The number of allylic oxidation sites excluding steroid dienone is 5. The summed E-state index contributed by atoms with van der Waals surface area (Å²) in [5, 5.41) is 15.7. The third-order valence-corrected chi connectivity index (χ3v) is 5.24. The van der Waals surface area contributed by atoms with E-state index in [4.69, 9.17) is 0 Å². The highest BCUT2D eigenvalue weighted by atomic mass is 16.4. The highest BCUT2D eigenvalue weighted by molar-refractivity contribution is 5.84. The minimum absolute atomic E-state index is 0.0692. The predicted molar refractivity (Wildman–Crippen MR) is 110 cm³/mol. The number of carbonyl (C=O) groups excluding carboxylic acids is 1. The number of amides is 1. The largest absolute Gasteiger partial charge is 0.480 e. The number of benzene rings is 1. The summed E-state index contributed by atoms with van der Waals surface area (Å²) in [4.78, 5) is 24.3. The SMILES string of the molecule is CC1(C)C=CC=C(CC(NC(=O)CC2NCCc3ccccc32)C(=O)O)C=C1. The Morgan fingerprint density at radius 1 is 1.29 bits per heavy atom. The highest BCUT2D eigenvalue weighted by Gasteiger charge is 2.26. The Bertz CT molecular complexity index is 836. The Morgan fingerprint density at radius 3 is 2.86 bits per heavy atom. The summed E-state index contributed by atoms with van der Waals surface area (Å²) in [5.74, 6) is -1.28. The lowest BCUT2D eigenvalue weighted by atomic mass is 9.92. The van der Waals surface area contributed by atoms with Crippen molar-refractivity contribution in [1.82, 2.24) is 10.6 Å². The summed E-state index contributed by atoms with van der Waals surface area (Å²) in [6.07, 6.45) is 11.3. The van der Waals surface area contributed by atoms with Crippen LogP contribution in [0.2, 0.25) is 0 Å². The van der Waals surface area contributed by atoms with Gasteiger partial charge in [0.15, 0.2) is 0 Å². The molecule has 148 valence electrons. The van der Waals surface area contributed by atoms with Crippen molar-refractivity contribution >= 4 is 11.9 Å². The fourth-order valence-electron chi connectivity index (χ4n) is 3.64. The minimum Gasteiger partial charge on any atom is -0.480 e. The van der Waals surface area contributed by atoms with E-state index in [9.17, 15) is 14.7 Å². The number of hydrogen-bond acceptors (Lipinski definition) is 3. The van der Waals surface area contributed by atoms with Gasteiger partial charge < -0.3 is 15.7 Å². The van der Waals surface area contributed by atoms with E-state index in [2.05, 4.69) is 36.6 Å². The minimum atomic E-state index is -1.02. The van der Waals surface area contributed by atoms with Crippen molar-refractivity contribution < 1.29 is 14.7 Å². The van der Waals surface area contributed by atoms with E-state index in [0.29, 0.717) is 0 Å². The van der Waals surface area contributed by atoms with E-state index in [0.717, 1.165) is 24.1 Å². The summed E-state index contributed by atoms with van der Waals surface area (Å²) >= 11 is 0. The lowest BCUT2D eigenvalue weighted by molar-refractivity contribution is -0.141. The van der Waals surface area contributed by atoms with Gasteiger partial charge in [0.25, 0.3) is 0 Å². The van der Waals surface area contributed by atoms with Crippen molar-refractivity contribution in [1.29, 1.82) is 0 Å². The number of rotatable bonds is 6. The van der Waals surface area contributed by atoms with Crippen LogP contribution in [0.4, 0.5) is 0 Å². The zero-order valence-corrected chi connectivity index (χ0v) is 16.4. The summed E-state index contributed by atoms with van der Waals surface area (Å²) in [7, 11) is 0. The molecule has 1 amide bonds. The molecule has 28 heavy (non-hydrogen) atoms.